The topological polar surface area (TPSA) is 44.8 Å². The van der Waals surface area contributed by atoms with E-state index in [9.17, 15) is 9.18 Å². The van der Waals surface area contributed by atoms with Gasteiger partial charge in [0, 0.05) is 44.5 Å². The Balaban J connectivity index is 1.45. The van der Waals surface area contributed by atoms with Crippen molar-refractivity contribution in [1.29, 1.82) is 0 Å². The van der Waals surface area contributed by atoms with Crippen LogP contribution in [0.3, 0.4) is 0 Å². The van der Waals surface area contributed by atoms with E-state index in [0.717, 1.165) is 26.1 Å². The number of benzene rings is 2. The highest BCUT2D eigenvalue weighted by Crippen LogP contribution is 2.21. The lowest BCUT2D eigenvalue weighted by Gasteiger charge is -2.34. The third kappa shape index (κ3) is 4.73. The van der Waals surface area contributed by atoms with Crippen LogP contribution in [0.4, 0.5) is 14.9 Å². The Hall–Kier alpha value is -2.60. The largest absolute Gasteiger partial charge is 0.494 e. The summed E-state index contributed by atoms with van der Waals surface area (Å²) in [5, 5.41) is 2.75. The van der Waals surface area contributed by atoms with Crippen LogP contribution in [0, 0.1) is 5.82 Å². The van der Waals surface area contributed by atoms with Crippen LogP contribution in [0.5, 0.6) is 5.75 Å². The van der Waals surface area contributed by atoms with E-state index in [0.29, 0.717) is 18.8 Å². The molecule has 26 heavy (non-hydrogen) atoms. The van der Waals surface area contributed by atoms with E-state index in [4.69, 9.17) is 4.74 Å². The Morgan fingerprint density at radius 2 is 1.85 bits per heavy atom. The minimum Gasteiger partial charge on any atom is -0.494 e. The van der Waals surface area contributed by atoms with Crippen molar-refractivity contribution in [3.63, 3.8) is 0 Å². The van der Waals surface area contributed by atoms with Crippen molar-refractivity contribution < 1.29 is 13.9 Å². The molecule has 0 spiro atoms. The minimum absolute atomic E-state index is 0.162. The lowest BCUT2D eigenvalue weighted by atomic mass is 10.1. The van der Waals surface area contributed by atoms with Gasteiger partial charge >= 0.3 is 6.03 Å². The number of carbonyl (C=O) groups excluding carboxylic acids is 1. The van der Waals surface area contributed by atoms with Crippen LogP contribution >= 0.6 is 0 Å². The molecule has 1 N–H and O–H groups in total. The zero-order valence-electron chi connectivity index (χ0n) is 15.0. The number of halogens is 1. The molecule has 2 aromatic rings. The molecule has 3 rings (SSSR count). The van der Waals surface area contributed by atoms with Gasteiger partial charge in [0.15, 0.2) is 11.6 Å². The molecule has 0 aromatic heterocycles. The van der Waals surface area contributed by atoms with Crippen LogP contribution in [-0.4, -0.2) is 55.7 Å². The van der Waals surface area contributed by atoms with Crippen molar-refractivity contribution in [3.8, 4) is 5.75 Å². The van der Waals surface area contributed by atoms with Gasteiger partial charge in [-0.3, -0.25) is 4.90 Å². The first-order chi connectivity index (χ1) is 12.7. The number of urea groups is 1. The summed E-state index contributed by atoms with van der Waals surface area (Å²) in [6.45, 7) is 4.01. The highest BCUT2D eigenvalue weighted by atomic mass is 19.1. The molecular formula is C20H24FN3O2. The number of hydrogen-bond acceptors (Lipinski definition) is 3. The summed E-state index contributed by atoms with van der Waals surface area (Å²) in [6, 6.07) is 14.6. The molecule has 0 radical (unpaired) electrons. The summed E-state index contributed by atoms with van der Waals surface area (Å²) in [7, 11) is 1.41. The fourth-order valence-electron chi connectivity index (χ4n) is 3.05. The van der Waals surface area contributed by atoms with Crippen LogP contribution in [-0.2, 0) is 6.42 Å². The third-order valence-electron chi connectivity index (χ3n) is 4.62. The first-order valence-electron chi connectivity index (χ1n) is 8.81. The number of nitrogens with one attached hydrogen (secondary N) is 1. The van der Waals surface area contributed by atoms with Crippen molar-refractivity contribution >= 4 is 11.7 Å². The number of carbonyl (C=O) groups is 1. The number of amides is 2. The molecule has 2 amide bonds. The molecule has 1 aliphatic heterocycles. The molecule has 1 fully saturated rings. The Morgan fingerprint density at radius 1 is 1.12 bits per heavy atom. The molecule has 0 atom stereocenters. The zero-order chi connectivity index (χ0) is 18.4. The molecule has 1 saturated heterocycles. The maximum Gasteiger partial charge on any atom is 0.321 e. The fraction of sp³-hybridized carbons (Fsp3) is 0.350. The molecule has 6 heteroatoms. The van der Waals surface area contributed by atoms with Crippen LogP contribution in [0.25, 0.3) is 0 Å². The SMILES string of the molecule is COc1ccc(NC(=O)N2CCN(CCc3ccccc3)CC2)cc1F. The van der Waals surface area contributed by atoms with E-state index in [2.05, 4.69) is 34.5 Å². The Kier molecular flexibility index (Phi) is 6.07. The molecule has 2 aromatic carbocycles. The van der Waals surface area contributed by atoms with E-state index in [1.54, 1.807) is 11.0 Å². The van der Waals surface area contributed by atoms with Crippen LogP contribution in [0.2, 0.25) is 0 Å². The fourth-order valence-corrected chi connectivity index (χ4v) is 3.05. The van der Waals surface area contributed by atoms with Gasteiger partial charge in [0.05, 0.1) is 7.11 Å². The highest BCUT2D eigenvalue weighted by Gasteiger charge is 2.21. The average molecular weight is 357 g/mol. The monoisotopic (exact) mass is 357 g/mol. The number of methoxy groups -OCH3 is 1. The van der Waals surface area contributed by atoms with E-state index in [1.807, 2.05) is 6.07 Å². The number of anilines is 1. The molecule has 0 saturated carbocycles. The molecule has 0 unspecified atom stereocenters. The lowest BCUT2D eigenvalue weighted by molar-refractivity contribution is 0.148. The second-order valence-electron chi connectivity index (χ2n) is 6.34. The predicted octanol–water partition coefficient (Wildman–Crippen LogP) is 3.23. The number of piperazine rings is 1. The summed E-state index contributed by atoms with van der Waals surface area (Å²) in [4.78, 5) is 16.5. The van der Waals surface area contributed by atoms with Crippen molar-refractivity contribution in [2.24, 2.45) is 0 Å². The van der Waals surface area contributed by atoms with Gasteiger partial charge in [0.25, 0.3) is 0 Å². The second kappa shape index (κ2) is 8.67. The van der Waals surface area contributed by atoms with Crippen molar-refractivity contribution in [3.05, 3.63) is 59.9 Å². The first-order valence-corrected chi connectivity index (χ1v) is 8.81. The van der Waals surface area contributed by atoms with Crippen molar-refractivity contribution in [1.82, 2.24) is 9.80 Å². The summed E-state index contributed by atoms with van der Waals surface area (Å²) in [5.74, 6) is -0.328. The smallest absolute Gasteiger partial charge is 0.321 e. The first kappa shape index (κ1) is 18.2. The van der Waals surface area contributed by atoms with Crippen molar-refractivity contribution in [2.75, 3.05) is 45.2 Å². The number of rotatable bonds is 5. The third-order valence-corrected chi connectivity index (χ3v) is 4.62. The standard InChI is InChI=1S/C20H24FN3O2/c1-26-19-8-7-17(15-18(19)21)22-20(25)24-13-11-23(12-14-24)10-9-16-5-3-2-4-6-16/h2-8,15H,9-14H2,1H3,(H,22,25). The van der Waals surface area contributed by atoms with Crippen LogP contribution < -0.4 is 10.1 Å². The maximum absolute atomic E-state index is 13.7. The van der Waals surface area contributed by atoms with Gasteiger partial charge in [-0.1, -0.05) is 30.3 Å². The molecule has 138 valence electrons. The molecule has 5 nitrogen and oxygen atoms in total. The summed E-state index contributed by atoms with van der Waals surface area (Å²) in [5.41, 5.74) is 1.76. The van der Waals surface area contributed by atoms with Gasteiger partial charge in [-0.25, -0.2) is 9.18 Å². The van der Waals surface area contributed by atoms with E-state index in [-0.39, 0.29) is 11.8 Å². The Bertz CT molecular complexity index is 731. The minimum atomic E-state index is -0.490. The quantitative estimate of drug-likeness (QED) is 0.894. The summed E-state index contributed by atoms with van der Waals surface area (Å²) in [6.07, 6.45) is 1.01. The zero-order valence-corrected chi connectivity index (χ0v) is 15.0. The van der Waals surface area contributed by atoms with E-state index < -0.39 is 5.82 Å². The molecular weight excluding hydrogens is 333 g/mol. The van der Waals surface area contributed by atoms with Crippen molar-refractivity contribution in [2.45, 2.75) is 6.42 Å². The second-order valence-corrected chi connectivity index (χ2v) is 6.34. The van der Waals surface area contributed by atoms with Crippen LogP contribution in [0.1, 0.15) is 5.56 Å². The molecule has 0 aliphatic carbocycles. The molecule has 0 bridgehead atoms. The van der Waals surface area contributed by atoms with E-state index >= 15 is 0 Å². The number of ether oxygens (including phenoxy) is 1. The lowest BCUT2D eigenvalue weighted by Crippen LogP contribution is -2.50. The Morgan fingerprint density at radius 3 is 2.50 bits per heavy atom. The van der Waals surface area contributed by atoms with Gasteiger partial charge in [0.2, 0.25) is 0 Å². The molecule has 1 heterocycles. The van der Waals surface area contributed by atoms with Gasteiger partial charge in [-0.05, 0) is 24.1 Å². The van der Waals surface area contributed by atoms with Gasteiger partial charge in [-0.15, -0.1) is 0 Å². The number of hydrogen-bond donors (Lipinski definition) is 1. The number of nitrogens with zero attached hydrogens (tertiary/aromatic N) is 2. The van der Waals surface area contributed by atoms with Crippen LogP contribution in [0.15, 0.2) is 48.5 Å². The molecule has 1 aliphatic rings. The van der Waals surface area contributed by atoms with Gasteiger partial charge < -0.3 is 15.0 Å². The average Bonchev–Trinajstić information content (AvgIpc) is 2.68. The summed E-state index contributed by atoms with van der Waals surface area (Å²) >= 11 is 0. The predicted molar refractivity (Wildman–Crippen MR) is 100 cm³/mol. The normalized spacial score (nSPS) is 14.9. The Labute approximate surface area is 153 Å². The van der Waals surface area contributed by atoms with E-state index in [1.165, 1.54) is 24.8 Å². The van der Waals surface area contributed by atoms with Gasteiger partial charge in [-0.2, -0.15) is 0 Å². The van der Waals surface area contributed by atoms with Gasteiger partial charge in [0.1, 0.15) is 0 Å². The maximum atomic E-state index is 13.7. The summed E-state index contributed by atoms with van der Waals surface area (Å²) < 4.78 is 18.6. The highest BCUT2D eigenvalue weighted by molar-refractivity contribution is 5.89.